The Labute approximate surface area is 76.8 Å². The van der Waals surface area contributed by atoms with Crippen LogP contribution in [-0.2, 0) is 19.6 Å². The fourth-order valence-corrected chi connectivity index (χ4v) is 0.342. The lowest BCUT2D eigenvalue weighted by atomic mass is 10.2. The van der Waals surface area contributed by atoms with Gasteiger partial charge in [0.2, 0.25) is 11.6 Å². The first kappa shape index (κ1) is 12.8. The van der Waals surface area contributed by atoms with Gasteiger partial charge in [0.25, 0.3) is 0 Å². The third kappa shape index (κ3) is 4.51. The zero-order valence-electron chi connectivity index (χ0n) is 8.23. The van der Waals surface area contributed by atoms with Gasteiger partial charge < -0.3 is 0 Å². The highest BCUT2D eigenvalue weighted by atomic mass is 17.3. The van der Waals surface area contributed by atoms with Gasteiger partial charge in [0.1, 0.15) is 0 Å². The van der Waals surface area contributed by atoms with Crippen LogP contribution in [0.5, 0.6) is 0 Å². The SMILES string of the molecule is CCC(C)(OO)OOC(C)(C)OO. The second kappa shape index (κ2) is 4.85. The Balaban J connectivity index is 3.99. The minimum atomic E-state index is -1.31. The summed E-state index contributed by atoms with van der Waals surface area (Å²) in [6.07, 6.45) is 0.366. The van der Waals surface area contributed by atoms with Crippen LogP contribution in [0.25, 0.3) is 0 Å². The van der Waals surface area contributed by atoms with E-state index < -0.39 is 11.6 Å². The molecule has 0 aliphatic carbocycles. The molecule has 0 aliphatic rings. The predicted molar refractivity (Wildman–Crippen MR) is 42.4 cm³/mol. The van der Waals surface area contributed by atoms with Gasteiger partial charge in [0.05, 0.1) is 0 Å². The van der Waals surface area contributed by atoms with Crippen molar-refractivity contribution in [3.8, 4) is 0 Å². The highest BCUT2D eigenvalue weighted by Crippen LogP contribution is 2.20. The summed E-state index contributed by atoms with van der Waals surface area (Å²) in [5.41, 5.74) is 0. The number of rotatable bonds is 6. The van der Waals surface area contributed by atoms with E-state index in [0.29, 0.717) is 6.42 Å². The van der Waals surface area contributed by atoms with Gasteiger partial charge in [0.15, 0.2) is 0 Å². The van der Waals surface area contributed by atoms with Crippen molar-refractivity contribution in [3.63, 3.8) is 0 Å². The van der Waals surface area contributed by atoms with Crippen LogP contribution in [0.1, 0.15) is 34.1 Å². The molecule has 2 N–H and O–H groups in total. The quantitative estimate of drug-likeness (QED) is 0.383. The molecule has 13 heavy (non-hydrogen) atoms. The molecule has 0 aromatic rings. The lowest BCUT2D eigenvalue weighted by molar-refractivity contribution is -0.562. The standard InChI is InChI=1S/C7H16O6/c1-5-7(4,11-9)13-12-6(2,3)10-8/h8-9H,5H2,1-4H3. The molecule has 0 bridgehead atoms. The normalized spacial score (nSPS) is 17.1. The molecule has 1 unspecified atom stereocenters. The highest BCUT2D eigenvalue weighted by Gasteiger charge is 2.31. The molecule has 0 rings (SSSR count). The van der Waals surface area contributed by atoms with E-state index in [1.54, 1.807) is 6.92 Å². The van der Waals surface area contributed by atoms with E-state index in [4.69, 9.17) is 15.4 Å². The Morgan fingerprint density at radius 2 is 1.54 bits per heavy atom. The molecular weight excluding hydrogens is 180 g/mol. The summed E-state index contributed by atoms with van der Waals surface area (Å²) < 4.78 is 0. The Hall–Kier alpha value is -0.240. The van der Waals surface area contributed by atoms with Gasteiger partial charge in [-0.25, -0.2) is 20.3 Å². The summed E-state index contributed by atoms with van der Waals surface area (Å²) in [7, 11) is 0. The van der Waals surface area contributed by atoms with Crippen molar-refractivity contribution < 1.29 is 30.1 Å². The summed E-state index contributed by atoms with van der Waals surface area (Å²) in [6.45, 7) is 6.06. The minimum absolute atomic E-state index is 0.366. The fraction of sp³-hybridized carbons (Fsp3) is 1.00. The molecule has 6 heteroatoms. The lowest BCUT2D eigenvalue weighted by Crippen LogP contribution is -2.36. The van der Waals surface area contributed by atoms with Crippen LogP contribution >= 0.6 is 0 Å². The van der Waals surface area contributed by atoms with Crippen LogP contribution in [0, 0.1) is 0 Å². The third-order valence-electron chi connectivity index (χ3n) is 1.47. The first-order chi connectivity index (χ1) is 5.89. The van der Waals surface area contributed by atoms with Gasteiger partial charge in [-0.2, -0.15) is 9.78 Å². The van der Waals surface area contributed by atoms with E-state index >= 15 is 0 Å². The van der Waals surface area contributed by atoms with E-state index in [9.17, 15) is 0 Å². The molecule has 0 saturated heterocycles. The van der Waals surface area contributed by atoms with Crippen molar-refractivity contribution in [1.29, 1.82) is 0 Å². The van der Waals surface area contributed by atoms with Crippen molar-refractivity contribution in [3.05, 3.63) is 0 Å². The predicted octanol–water partition coefficient (Wildman–Crippen LogP) is 1.78. The second-order valence-corrected chi connectivity index (χ2v) is 3.24. The second-order valence-electron chi connectivity index (χ2n) is 3.24. The largest absolute Gasteiger partial charge is 0.249 e. The summed E-state index contributed by atoms with van der Waals surface area (Å²) in [5.74, 6) is -2.58. The van der Waals surface area contributed by atoms with Gasteiger partial charge in [0, 0.05) is 6.42 Å². The van der Waals surface area contributed by atoms with Crippen molar-refractivity contribution >= 4 is 0 Å². The van der Waals surface area contributed by atoms with Crippen LogP contribution in [0.3, 0.4) is 0 Å². The molecule has 0 fully saturated rings. The molecule has 0 spiro atoms. The topological polar surface area (TPSA) is 77.4 Å². The fourth-order valence-electron chi connectivity index (χ4n) is 0.342. The molecule has 1 atom stereocenters. The molecule has 0 aromatic carbocycles. The highest BCUT2D eigenvalue weighted by molar-refractivity contribution is 4.55. The van der Waals surface area contributed by atoms with Gasteiger partial charge in [-0.15, -0.1) is 0 Å². The van der Waals surface area contributed by atoms with Gasteiger partial charge >= 0.3 is 0 Å². The van der Waals surface area contributed by atoms with Crippen LogP contribution < -0.4 is 0 Å². The van der Waals surface area contributed by atoms with Crippen LogP contribution in [0.4, 0.5) is 0 Å². The lowest BCUT2D eigenvalue weighted by Gasteiger charge is -2.27. The van der Waals surface area contributed by atoms with Gasteiger partial charge in [-0.1, -0.05) is 6.92 Å². The molecule has 0 saturated carbocycles. The summed E-state index contributed by atoms with van der Waals surface area (Å²) in [4.78, 5) is 17.4. The Morgan fingerprint density at radius 1 is 1.00 bits per heavy atom. The van der Waals surface area contributed by atoms with Crippen molar-refractivity contribution in [2.75, 3.05) is 0 Å². The monoisotopic (exact) mass is 196 g/mol. The molecule has 0 radical (unpaired) electrons. The summed E-state index contributed by atoms with van der Waals surface area (Å²) in [5, 5.41) is 16.8. The van der Waals surface area contributed by atoms with Crippen molar-refractivity contribution in [2.45, 2.75) is 45.7 Å². The first-order valence-electron chi connectivity index (χ1n) is 3.91. The zero-order chi connectivity index (χ0) is 10.5. The number of hydrogen-bond acceptors (Lipinski definition) is 6. The molecule has 80 valence electrons. The van der Waals surface area contributed by atoms with E-state index in [-0.39, 0.29) is 0 Å². The summed E-state index contributed by atoms with van der Waals surface area (Å²) in [6, 6.07) is 0. The Bertz CT molecular complexity index is 142. The molecule has 0 aromatic heterocycles. The maximum absolute atomic E-state index is 8.45. The molecule has 0 amide bonds. The van der Waals surface area contributed by atoms with E-state index in [1.165, 1.54) is 20.8 Å². The van der Waals surface area contributed by atoms with Crippen molar-refractivity contribution in [1.82, 2.24) is 0 Å². The smallest absolute Gasteiger partial charge is 0.230 e. The van der Waals surface area contributed by atoms with Crippen LogP contribution in [0.15, 0.2) is 0 Å². The zero-order valence-corrected chi connectivity index (χ0v) is 8.23. The third-order valence-corrected chi connectivity index (χ3v) is 1.47. The Morgan fingerprint density at radius 3 is 1.85 bits per heavy atom. The average molecular weight is 196 g/mol. The van der Waals surface area contributed by atoms with Crippen molar-refractivity contribution in [2.24, 2.45) is 0 Å². The van der Waals surface area contributed by atoms with Crippen LogP contribution in [0.2, 0.25) is 0 Å². The molecule has 0 heterocycles. The van der Waals surface area contributed by atoms with Gasteiger partial charge in [-0.05, 0) is 20.8 Å². The van der Waals surface area contributed by atoms with E-state index in [0.717, 1.165) is 0 Å². The molecule has 6 nitrogen and oxygen atoms in total. The first-order valence-corrected chi connectivity index (χ1v) is 3.91. The van der Waals surface area contributed by atoms with E-state index in [2.05, 4.69) is 14.7 Å². The molecular formula is C7H16O6. The maximum atomic E-state index is 8.45. The average Bonchev–Trinajstić information content (AvgIpc) is 2.14. The van der Waals surface area contributed by atoms with Crippen LogP contribution in [-0.4, -0.2) is 22.1 Å². The maximum Gasteiger partial charge on any atom is 0.230 e. The molecule has 0 aliphatic heterocycles. The number of hydrogen-bond donors (Lipinski definition) is 2. The van der Waals surface area contributed by atoms with Gasteiger partial charge in [-0.3, -0.25) is 0 Å². The Kier molecular flexibility index (Phi) is 4.76. The minimum Gasteiger partial charge on any atom is -0.249 e. The van der Waals surface area contributed by atoms with E-state index in [1.807, 2.05) is 0 Å². The summed E-state index contributed by atoms with van der Waals surface area (Å²) >= 11 is 0.